The molecule has 154 valence electrons. The molecule has 0 bridgehead atoms. The van der Waals surface area contributed by atoms with Gasteiger partial charge in [0.1, 0.15) is 11.8 Å². The van der Waals surface area contributed by atoms with E-state index in [-0.39, 0.29) is 6.04 Å². The first kappa shape index (κ1) is 19.8. The first-order valence-corrected chi connectivity index (χ1v) is 10.9. The fraction of sp³-hybridized carbons (Fsp3) is 0.0833. The van der Waals surface area contributed by atoms with Crippen molar-refractivity contribution < 1.29 is 4.74 Å². The molecular formula is C24H18BrClN4O. The lowest BCUT2D eigenvalue weighted by Crippen LogP contribution is -2.20. The SMILES string of the molecule is COc1ccc([C@@H]2C=C(c3ccc(Br)cc3)Nc3nc(-c4ccc(Cl)cc4)nn32)cc1. The third-order valence-corrected chi connectivity index (χ3v) is 5.96. The van der Waals surface area contributed by atoms with Crippen LogP contribution in [0.15, 0.2) is 83.3 Å². The number of allylic oxidation sites excluding steroid dienone is 1. The number of benzene rings is 3. The van der Waals surface area contributed by atoms with E-state index < -0.39 is 0 Å². The molecule has 1 aliphatic rings. The third kappa shape index (κ3) is 3.96. The van der Waals surface area contributed by atoms with Gasteiger partial charge in [0.05, 0.1) is 7.11 Å². The van der Waals surface area contributed by atoms with Gasteiger partial charge in [0, 0.05) is 20.8 Å². The zero-order chi connectivity index (χ0) is 21.4. The Kier molecular flexibility index (Phi) is 5.26. The number of ether oxygens (including phenoxy) is 1. The summed E-state index contributed by atoms with van der Waals surface area (Å²) in [5, 5.41) is 8.93. The summed E-state index contributed by atoms with van der Waals surface area (Å²) in [6.45, 7) is 0. The van der Waals surface area contributed by atoms with Gasteiger partial charge in [0.25, 0.3) is 0 Å². The van der Waals surface area contributed by atoms with Crippen molar-refractivity contribution in [3.63, 3.8) is 0 Å². The second-order valence-electron chi connectivity index (χ2n) is 7.14. The summed E-state index contributed by atoms with van der Waals surface area (Å²) in [7, 11) is 1.67. The molecule has 0 saturated carbocycles. The fourth-order valence-electron chi connectivity index (χ4n) is 3.55. The third-order valence-electron chi connectivity index (χ3n) is 5.18. The van der Waals surface area contributed by atoms with Crippen LogP contribution in [0, 0.1) is 0 Å². The summed E-state index contributed by atoms with van der Waals surface area (Å²) in [6.07, 6.45) is 2.17. The van der Waals surface area contributed by atoms with Crippen molar-refractivity contribution in [2.24, 2.45) is 0 Å². The summed E-state index contributed by atoms with van der Waals surface area (Å²) >= 11 is 9.55. The number of halogens is 2. The molecule has 5 nitrogen and oxygen atoms in total. The highest BCUT2D eigenvalue weighted by Gasteiger charge is 2.25. The normalized spacial score (nSPS) is 15.1. The first-order valence-electron chi connectivity index (χ1n) is 9.72. The lowest BCUT2D eigenvalue weighted by Gasteiger charge is -2.24. The van der Waals surface area contributed by atoms with Crippen molar-refractivity contribution in [1.82, 2.24) is 14.8 Å². The maximum atomic E-state index is 6.05. The van der Waals surface area contributed by atoms with E-state index in [9.17, 15) is 0 Å². The highest BCUT2D eigenvalue weighted by atomic mass is 79.9. The van der Waals surface area contributed by atoms with Gasteiger partial charge in [-0.05, 0) is 65.7 Å². The average molecular weight is 494 g/mol. The number of rotatable bonds is 4. The van der Waals surface area contributed by atoms with Crippen LogP contribution < -0.4 is 10.1 Å². The standard InChI is InChI=1S/C24H18BrClN4O/c1-31-20-12-6-16(7-13-20)22-14-21(15-2-8-18(25)9-3-15)27-24-28-23(29-30(22)24)17-4-10-19(26)11-5-17/h2-14,22H,1H3,(H,27,28,29)/t22-/m0/s1. The fourth-order valence-corrected chi connectivity index (χ4v) is 3.94. The Balaban J connectivity index is 1.60. The van der Waals surface area contributed by atoms with Crippen LogP contribution in [-0.2, 0) is 0 Å². The molecule has 1 atom stereocenters. The molecule has 0 aliphatic carbocycles. The van der Waals surface area contributed by atoms with Crippen LogP contribution in [0.4, 0.5) is 5.95 Å². The van der Waals surface area contributed by atoms with E-state index in [1.54, 1.807) is 7.11 Å². The molecule has 4 aromatic rings. The minimum absolute atomic E-state index is 0.116. The van der Waals surface area contributed by atoms with Crippen LogP contribution in [0.25, 0.3) is 17.1 Å². The van der Waals surface area contributed by atoms with Gasteiger partial charge in [-0.3, -0.25) is 0 Å². The molecule has 0 amide bonds. The van der Waals surface area contributed by atoms with Gasteiger partial charge in [0.2, 0.25) is 5.95 Å². The molecule has 2 heterocycles. The zero-order valence-corrected chi connectivity index (χ0v) is 18.9. The zero-order valence-electron chi connectivity index (χ0n) is 16.6. The number of nitrogens with one attached hydrogen (secondary N) is 1. The van der Waals surface area contributed by atoms with Crippen molar-refractivity contribution in [1.29, 1.82) is 0 Å². The van der Waals surface area contributed by atoms with E-state index >= 15 is 0 Å². The summed E-state index contributed by atoms with van der Waals surface area (Å²) in [5.74, 6) is 2.14. The monoisotopic (exact) mass is 492 g/mol. The number of methoxy groups -OCH3 is 1. The van der Waals surface area contributed by atoms with Gasteiger partial charge in [-0.2, -0.15) is 4.98 Å². The van der Waals surface area contributed by atoms with E-state index in [0.717, 1.165) is 32.6 Å². The molecule has 1 aliphatic heterocycles. The largest absolute Gasteiger partial charge is 0.497 e. The molecule has 3 aromatic carbocycles. The molecule has 0 spiro atoms. The molecule has 0 unspecified atom stereocenters. The van der Waals surface area contributed by atoms with Crippen molar-refractivity contribution in [2.75, 3.05) is 12.4 Å². The highest BCUT2D eigenvalue weighted by molar-refractivity contribution is 9.10. The molecule has 0 fully saturated rings. The van der Waals surface area contributed by atoms with Crippen LogP contribution in [0.2, 0.25) is 5.02 Å². The van der Waals surface area contributed by atoms with Gasteiger partial charge in [0.15, 0.2) is 5.82 Å². The number of anilines is 1. The Morgan fingerprint density at radius 3 is 2.29 bits per heavy atom. The Morgan fingerprint density at radius 2 is 1.61 bits per heavy atom. The van der Waals surface area contributed by atoms with Crippen molar-refractivity contribution >= 4 is 39.2 Å². The maximum absolute atomic E-state index is 6.05. The summed E-state index contributed by atoms with van der Waals surface area (Å²) in [5.41, 5.74) is 4.05. The number of hydrogen-bond donors (Lipinski definition) is 1. The number of aromatic nitrogens is 3. The van der Waals surface area contributed by atoms with E-state index in [2.05, 4.69) is 51.6 Å². The molecule has 7 heteroatoms. The molecule has 0 radical (unpaired) electrons. The Bertz CT molecular complexity index is 1250. The van der Waals surface area contributed by atoms with E-state index in [4.69, 9.17) is 26.4 Å². The van der Waals surface area contributed by atoms with Crippen molar-refractivity contribution in [3.05, 3.63) is 99.5 Å². The summed E-state index contributed by atoms with van der Waals surface area (Å²) in [6, 6.07) is 23.6. The molecule has 0 saturated heterocycles. The topological polar surface area (TPSA) is 52.0 Å². The second kappa shape index (κ2) is 8.21. The van der Waals surface area contributed by atoms with E-state index in [1.165, 1.54) is 0 Å². The maximum Gasteiger partial charge on any atom is 0.227 e. The minimum atomic E-state index is -0.116. The minimum Gasteiger partial charge on any atom is -0.497 e. The highest BCUT2D eigenvalue weighted by Crippen LogP contribution is 2.35. The smallest absolute Gasteiger partial charge is 0.227 e. The predicted molar refractivity (Wildman–Crippen MR) is 127 cm³/mol. The Labute approximate surface area is 193 Å². The van der Waals surface area contributed by atoms with E-state index in [1.807, 2.05) is 53.2 Å². The van der Waals surface area contributed by atoms with Gasteiger partial charge in [-0.1, -0.05) is 51.8 Å². The molecule has 31 heavy (non-hydrogen) atoms. The van der Waals surface area contributed by atoms with Crippen LogP contribution in [0.5, 0.6) is 5.75 Å². The first-order chi connectivity index (χ1) is 15.1. The molecule has 1 aromatic heterocycles. The molecule has 5 rings (SSSR count). The Morgan fingerprint density at radius 1 is 0.935 bits per heavy atom. The van der Waals surface area contributed by atoms with Gasteiger partial charge >= 0.3 is 0 Å². The predicted octanol–water partition coefficient (Wildman–Crippen LogP) is 6.43. The lowest BCUT2D eigenvalue weighted by atomic mass is 10.0. The van der Waals surface area contributed by atoms with Crippen molar-refractivity contribution in [2.45, 2.75) is 6.04 Å². The van der Waals surface area contributed by atoms with E-state index in [0.29, 0.717) is 16.8 Å². The van der Waals surface area contributed by atoms with Crippen molar-refractivity contribution in [3.8, 4) is 17.1 Å². The lowest BCUT2D eigenvalue weighted by molar-refractivity contribution is 0.414. The van der Waals surface area contributed by atoms with Gasteiger partial charge in [-0.25, -0.2) is 4.68 Å². The quantitative estimate of drug-likeness (QED) is 0.356. The summed E-state index contributed by atoms with van der Waals surface area (Å²) < 4.78 is 8.27. The number of fused-ring (bicyclic) bond motifs is 1. The molecule has 1 N–H and O–H groups in total. The van der Waals surface area contributed by atoms with Gasteiger partial charge in [-0.15, -0.1) is 5.10 Å². The summed E-state index contributed by atoms with van der Waals surface area (Å²) in [4.78, 5) is 4.78. The van der Waals surface area contributed by atoms with Crippen LogP contribution in [0.3, 0.4) is 0 Å². The number of hydrogen-bond acceptors (Lipinski definition) is 4. The number of nitrogens with zero attached hydrogens (tertiary/aromatic N) is 3. The van der Waals surface area contributed by atoms with Crippen LogP contribution in [-0.4, -0.2) is 21.9 Å². The second-order valence-corrected chi connectivity index (χ2v) is 8.49. The average Bonchev–Trinajstić information content (AvgIpc) is 3.24. The van der Waals surface area contributed by atoms with Crippen LogP contribution in [0.1, 0.15) is 17.2 Å². The Hall–Kier alpha value is -3.09. The van der Waals surface area contributed by atoms with Crippen LogP contribution >= 0.6 is 27.5 Å². The molecular weight excluding hydrogens is 476 g/mol. The van der Waals surface area contributed by atoms with Gasteiger partial charge < -0.3 is 10.1 Å².